The molecule has 0 fully saturated rings. The minimum absolute atomic E-state index is 0.0590. The average molecular weight is 474 g/mol. The van der Waals surface area contributed by atoms with Crippen LogP contribution in [-0.2, 0) is 20.7 Å². The molecule has 1 amide bonds. The third-order valence-electron chi connectivity index (χ3n) is 6.19. The van der Waals surface area contributed by atoms with Gasteiger partial charge in [0.05, 0.1) is 12.2 Å². The van der Waals surface area contributed by atoms with E-state index in [2.05, 4.69) is 17.4 Å². The molecule has 0 spiro atoms. The molecule has 6 heteroatoms. The van der Waals surface area contributed by atoms with Crippen LogP contribution in [0.2, 0.25) is 0 Å². The predicted molar refractivity (Wildman–Crippen MR) is 134 cm³/mol. The Morgan fingerprint density at radius 1 is 0.857 bits per heavy atom. The van der Waals surface area contributed by atoms with E-state index >= 15 is 0 Å². The van der Waals surface area contributed by atoms with Gasteiger partial charge < -0.3 is 19.9 Å². The molecule has 0 bridgehead atoms. The fourth-order valence-corrected chi connectivity index (χ4v) is 4.44. The molecule has 6 nitrogen and oxygen atoms in total. The Bertz CT molecular complexity index is 1160. The van der Waals surface area contributed by atoms with Gasteiger partial charge in [-0.25, -0.2) is 9.59 Å². The van der Waals surface area contributed by atoms with E-state index < -0.39 is 23.2 Å². The second-order valence-electron chi connectivity index (χ2n) is 9.90. The number of benzene rings is 3. The summed E-state index contributed by atoms with van der Waals surface area (Å²) < 4.78 is 11.5. The van der Waals surface area contributed by atoms with Gasteiger partial charge in [-0.05, 0) is 48.6 Å². The number of fused-ring (bicyclic) bond motifs is 3. The van der Waals surface area contributed by atoms with Crippen molar-refractivity contribution in [3.8, 4) is 11.1 Å². The molecule has 1 atom stereocenters. The smallest absolute Gasteiger partial charge is 0.408 e. The van der Waals surface area contributed by atoms with Crippen LogP contribution in [0.25, 0.3) is 11.1 Å². The number of carboxylic acid groups (broad SMARTS) is 1. The molecule has 0 saturated carbocycles. The Hall–Kier alpha value is -3.64. The van der Waals surface area contributed by atoms with E-state index in [1.807, 2.05) is 87.5 Å². The summed E-state index contributed by atoms with van der Waals surface area (Å²) in [5.41, 5.74) is 2.93. The first-order valence-corrected chi connectivity index (χ1v) is 11.7. The predicted octanol–water partition coefficient (Wildman–Crippen LogP) is 5.41. The lowest BCUT2D eigenvalue weighted by Crippen LogP contribution is -2.60. The molecule has 182 valence electrons. The molecule has 0 saturated heterocycles. The molecule has 4 rings (SSSR count). The van der Waals surface area contributed by atoms with E-state index in [0.29, 0.717) is 0 Å². The van der Waals surface area contributed by atoms with Crippen LogP contribution in [0.1, 0.15) is 43.4 Å². The summed E-state index contributed by atoms with van der Waals surface area (Å²) in [7, 11) is 0. The molecule has 2 N–H and O–H groups in total. The minimum atomic E-state index is -1.68. The highest BCUT2D eigenvalue weighted by molar-refractivity contribution is 5.85. The van der Waals surface area contributed by atoms with Gasteiger partial charge in [-0.15, -0.1) is 0 Å². The highest BCUT2D eigenvalue weighted by atomic mass is 16.6. The Balaban J connectivity index is 1.53. The monoisotopic (exact) mass is 473 g/mol. The van der Waals surface area contributed by atoms with E-state index in [1.54, 1.807) is 0 Å². The maximum Gasteiger partial charge on any atom is 0.408 e. The van der Waals surface area contributed by atoms with E-state index in [0.717, 1.165) is 27.8 Å². The number of carbonyl (C=O) groups excluding carboxylic acids is 1. The fourth-order valence-electron chi connectivity index (χ4n) is 4.44. The highest BCUT2D eigenvalue weighted by Gasteiger charge is 2.43. The number of hydrogen-bond donors (Lipinski definition) is 2. The Kier molecular flexibility index (Phi) is 6.94. The molecule has 3 aromatic carbocycles. The van der Waals surface area contributed by atoms with Gasteiger partial charge in [0.15, 0.2) is 5.54 Å². The lowest BCUT2D eigenvalue weighted by Gasteiger charge is -2.33. The second-order valence-corrected chi connectivity index (χ2v) is 9.90. The molecule has 0 aliphatic heterocycles. The highest BCUT2D eigenvalue weighted by Crippen LogP contribution is 2.44. The number of aliphatic carboxylic acids is 1. The summed E-state index contributed by atoms with van der Waals surface area (Å²) in [6.07, 6.45) is -0.730. The van der Waals surface area contributed by atoms with Crippen molar-refractivity contribution in [3.63, 3.8) is 0 Å². The summed E-state index contributed by atoms with van der Waals surface area (Å²) >= 11 is 0. The van der Waals surface area contributed by atoms with Crippen molar-refractivity contribution < 1.29 is 24.2 Å². The zero-order valence-electron chi connectivity index (χ0n) is 20.3. The SMILES string of the molecule is CC(C)(C)OC[C@@](Cc1ccccc1)(NC(=O)OCC1c2ccccc2-c2ccccc21)C(=O)O. The van der Waals surface area contributed by atoms with Crippen molar-refractivity contribution in [2.75, 3.05) is 13.2 Å². The standard InChI is InChI=1S/C29H31NO5/c1-28(2,3)35-19-29(26(31)32,17-20-11-5-4-6-12-20)30-27(33)34-18-25-23-15-9-7-13-21(23)22-14-8-10-16-24(22)25/h4-16,25H,17-19H2,1-3H3,(H,30,33)(H,31,32)/t29-/m1/s1. The Morgan fingerprint density at radius 2 is 1.40 bits per heavy atom. The van der Waals surface area contributed by atoms with Gasteiger partial charge in [0.25, 0.3) is 0 Å². The number of alkyl carbamates (subject to hydrolysis) is 1. The Labute approximate surface area is 205 Å². The van der Waals surface area contributed by atoms with Gasteiger partial charge in [0.1, 0.15) is 6.61 Å². The van der Waals surface area contributed by atoms with Gasteiger partial charge in [-0.2, -0.15) is 0 Å². The van der Waals surface area contributed by atoms with Crippen molar-refractivity contribution in [2.24, 2.45) is 0 Å². The summed E-state index contributed by atoms with van der Waals surface area (Å²) in [6.45, 7) is 5.42. The van der Waals surface area contributed by atoms with Gasteiger partial charge in [0, 0.05) is 12.3 Å². The van der Waals surface area contributed by atoms with Crippen LogP contribution in [0.5, 0.6) is 0 Å². The molecule has 0 heterocycles. The van der Waals surface area contributed by atoms with Crippen LogP contribution >= 0.6 is 0 Å². The van der Waals surface area contributed by atoms with Crippen LogP contribution in [0.15, 0.2) is 78.9 Å². The number of carboxylic acids is 1. The average Bonchev–Trinajstić information content (AvgIpc) is 3.15. The van der Waals surface area contributed by atoms with Crippen molar-refractivity contribution >= 4 is 12.1 Å². The third kappa shape index (κ3) is 5.54. The number of amides is 1. The van der Waals surface area contributed by atoms with Crippen LogP contribution in [0, 0.1) is 0 Å². The molecule has 1 aliphatic carbocycles. The molecule has 1 aliphatic rings. The van der Waals surface area contributed by atoms with Crippen molar-refractivity contribution in [2.45, 2.75) is 44.2 Å². The minimum Gasteiger partial charge on any atom is -0.479 e. The van der Waals surface area contributed by atoms with Crippen LogP contribution in [0.4, 0.5) is 4.79 Å². The molecule has 0 radical (unpaired) electrons. The maximum atomic E-state index is 13.0. The Morgan fingerprint density at radius 3 is 1.94 bits per heavy atom. The molecule has 0 aromatic heterocycles. The van der Waals surface area contributed by atoms with Crippen molar-refractivity contribution in [1.29, 1.82) is 0 Å². The molecular weight excluding hydrogens is 442 g/mol. The number of hydrogen-bond acceptors (Lipinski definition) is 4. The van der Waals surface area contributed by atoms with E-state index in [-0.39, 0.29) is 25.6 Å². The van der Waals surface area contributed by atoms with Crippen LogP contribution in [-0.4, -0.2) is 41.5 Å². The van der Waals surface area contributed by atoms with Crippen LogP contribution in [0.3, 0.4) is 0 Å². The largest absolute Gasteiger partial charge is 0.479 e. The zero-order valence-corrected chi connectivity index (χ0v) is 20.3. The third-order valence-corrected chi connectivity index (χ3v) is 6.19. The molecule has 0 unspecified atom stereocenters. The lowest BCUT2D eigenvalue weighted by atomic mass is 9.91. The number of ether oxygens (including phenoxy) is 2. The molecule has 35 heavy (non-hydrogen) atoms. The summed E-state index contributed by atoms with van der Waals surface area (Å²) in [5.74, 6) is -1.30. The first-order chi connectivity index (χ1) is 16.7. The maximum absolute atomic E-state index is 13.0. The van der Waals surface area contributed by atoms with Gasteiger partial charge in [-0.1, -0.05) is 78.9 Å². The summed E-state index contributed by atoms with van der Waals surface area (Å²) in [4.78, 5) is 25.5. The number of nitrogens with one attached hydrogen (secondary N) is 1. The summed E-state index contributed by atoms with van der Waals surface area (Å²) in [5, 5.41) is 12.9. The number of carbonyl (C=O) groups is 2. The lowest BCUT2D eigenvalue weighted by molar-refractivity contribution is -0.150. The normalized spacial score (nSPS) is 14.5. The quantitative estimate of drug-likeness (QED) is 0.457. The van der Waals surface area contributed by atoms with Crippen LogP contribution < -0.4 is 5.32 Å². The van der Waals surface area contributed by atoms with Gasteiger partial charge in [0.2, 0.25) is 0 Å². The second kappa shape index (κ2) is 9.92. The van der Waals surface area contributed by atoms with E-state index in [1.165, 1.54) is 0 Å². The molecular formula is C29H31NO5. The molecule has 3 aromatic rings. The van der Waals surface area contributed by atoms with E-state index in [4.69, 9.17) is 9.47 Å². The van der Waals surface area contributed by atoms with Crippen molar-refractivity contribution in [1.82, 2.24) is 5.32 Å². The van der Waals surface area contributed by atoms with E-state index in [9.17, 15) is 14.7 Å². The fraction of sp³-hybridized carbons (Fsp3) is 0.310. The number of rotatable bonds is 8. The van der Waals surface area contributed by atoms with Gasteiger partial charge in [-0.3, -0.25) is 0 Å². The van der Waals surface area contributed by atoms with Gasteiger partial charge >= 0.3 is 12.1 Å². The topological polar surface area (TPSA) is 84.9 Å². The summed E-state index contributed by atoms with van der Waals surface area (Å²) in [6, 6.07) is 25.3. The first kappa shape index (κ1) is 24.5. The first-order valence-electron chi connectivity index (χ1n) is 11.7. The zero-order chi connectivity index (χ0) is 25.1. The van der Waals surface area contributed by atoms with Crippen molar-refractivity contribution in [3.05, 3.63) is 95.6 Å².